The molecule has 0 spiro atoms. The van der Waals surface area contributed by atoms with Crippen molar-refractivity contribution in [3.63, 3.8) is 0 Å². The van der Waals surface area contributed by atoms with E-state index in [1.807, 2.05) is 0 Å². The van der Waals surface area contributed by atoms with Gasteiger partial charge in [-0.1, -0.05) is 12.2 Å². The van der Waals surface area contributed by atoms with Gasteiger partial charge in [-0.05, 0) is 31.2 Å². The van der Waals surface area contributed by atoms with Crippen LogP contribution in [0.1, 0.15) is 17.3 Å². The molecule has 2 aliphatic heterocycles. The summed E-state index contributed by atoms with van der Waals surface area (Å²) in [4.78, 5) is 34.9. The van der Waals surface area contributed by atoms with Gasteiger partial charge in [-0.25, -0.2) is 0 Å². The maximum atomic E-state index is 12.4. The van der Waals surface area contributed by atoms with E-state index in [9.17, 15) is 19.5 Å². The fraction of sp³-hybridized carbons (Fsp3) is 0.312. The van der Waals surface area contributed by atoms with Crippen molar-refractivity contribution in [1.82, 2.24) is 0 Å². The molecule has 2 N–H and O–H groups in total. The van der Waals surface area contributed by atoms with E-state index in [1.54, 1.807) is 36.4 Å². The van der Waals surface area contributed by atoms with Crippen LogP contribution in [-0.2, 0) is 14.3 Å². The van der Waals surface area contributed by atoms with Crippen molar-refractivity contribution < 1.29 is 24.2 Å². The van der Waals surface area contributed by atoms with Crippen molar-refractivity contribution in [2.45, 2.75) is 19.1 Å². The van der Waals surface area contributed by atoms with Gasteiger partial charge in [0.25, 0.3) is 0 Å². The predicted molar refractivity (Wildman–Crippen MR) is 77.5 cm³/mol. The summed E-state index contributed by atoms with van der Waals surface area (Å²) in [5.41, 5.74) is 1.07. The van der Waals surface area contributed by atoms with E-state index in [1.165, 1.54) is 6.92 Å². The quantitative estimate of drug-likeness (QED) is 0.649. The smallest absolute Gasteiger partial charge is 0.310 e. The number of fused-ring (bicyclic) bond motifs is 2. The van der Waals surface area contributed by atoms with Gasteiger partial charge in [-0.15, -0.1) is 0 Å². The van der Waals surface area contributed by atoms with Crippen molar-refractivity contribution in [3.8, 4) is 0 Å². The molecular formula is C16H15NO5. The summed E-state index contributed by atoms with van der Waals surface area (Å²) in [6, 6.07) is 6.47. The maximum Gasteiger partial charge on any atom is 0.310 e. The van der Waals surface area contributed by atoms with E-state index in [0.29, 0.717) is 11.3 Å². The second-order valence-corrected chi connectivity index (χ2v) is 5.46. The molecule has 2 aliphatic rings. The molecule has 0 radical (unpaired) electrons. The molecule has 6 heteroatoms. The Morgan fingerprint density at radius 3 is 2.18 bits per heavy atom. The molecule has 1 aromatic carbocycles. The van der Waals surface area contributed by atoms with Crippen molar-refractivity contribution in [3.05, 3.63) is 42.0 Å². The Morgan fingerprint density at radius 1 is 1.05 bits per heavy atom. The van der Waals surface area contributed by atoms with Gasteiger partial charge in [0.2, 0.25) is 5.91 Å². The molecule has 1 aromatic rings. The summed E-state index contributed by atoms with van der Waals surface area (Å²) < 4.78 is 5.47. The molecule has 2 heterocycles. The number of Topliss-reactive ketones (excluding diaryl/α,β-unsaturated/α-hetero) is 1. The van der Waals surface area contributed by atoms with Crippen LogP contribution in [0.5, 0.6) is 0 Å². The SMILES string of the molecule is CC(=O)c1ccc(NC(=O)[C@@H]2[C@H](C(=O)O)[C@H]3C=C[C@H]2O3)cc1. The van der Waals surface area contributed by atoms with Crippen molar-refractivity contribution in [2.24, 2.45) is 11.8 Å². The Hall–Kier alpha value is -2.47. The van der Waals surface area contributed by atoms with E-state index in [-0.39, 0.29) is 11.7 Å². The Labute approximate surface area is 126 Å². The van der Waals surface area contributed by atoms with Gasteiger partial charge in [0.05, 0.1) is 18.1 Å². The summed E-state index contributed by atoms with van der Waals surface area (Å²) in [5.74, 6) is -3.11. The van der Waals surface area contributed by atoms with Crippen LogP contribution >= 0.6 is 0 Å². The van der Waals surface area contributed by atoms with Gasteiger partial charge in [-0.3, -0.25) is 14.4 Å². The first-order valence-corrected chi connectivity index (χ1v) is 6.96. The van der Waals surface area contributed by atoms with E-state index in [0.717, 1.165) is 0 Å². The average molecular weight is 301 g/mol. The Morgan fingerprint density at radius 2 is 1.64 bits per heavy atom. The summed E-state index contributed by atoms with van der Waals surface area (Å²) in [7, 11) is 0. The number of carbonyl (C=O) groups excluding carboxylic acids is 2. The third-order valence-electron chi connectivity index (χ3n) is 4.05. The lowest BCUT2D eigenvalue weighted by Gasteiger charge is -2.21. The van der Waals surface area contributed by atoms with E-state index in [4.69, 9.17) is 4.74 Å². The molecule has 2 bridgehead atoms. The first-order chi connectivity index (χ1) is 10.5. The lowest BCUT2D eigenvalue weighted by atomic mass is 9.82. The zero-order valence-electron chi connectivity index (χ0n) is 11.9. The molecule has 22 heavy (non-hydrogen) atoms. The zero-order chi connectivity index (χ0) is 15.9. The van der Waals surface area contributed by atoms with Crippen LogP contribution in [0, 0.1) is 11.8 Å². The normalized spacial score (nSPS) is 28.6. The van der Waals surface area contributed by atoms with Gasteiger partial charge in [0.1, 0.15) is 5.92 Å². The summed E-state index contributed by atoms with van der Waals surface area (Å²) in [6.45, 7) is 1.46. The Kier molecular flexibility index (Phi) is 3.54. The number of ketones is 1. The largest absolute Gasteiger partial charge is 0.481 e. The van der Waals surface area contributed by atoms with E-state index >= 15 is 0 Å². The summed E-state index contributed by atoms with van der Waals surface area (Å²) in [5, 5.41) is 12.0. The molecule has 0 unspecified atom stereocenters. The molecular weight excluding hydrogens is 286 g/mol. The number of carboxylic acids is 1. The van der Waals surface area contributed by atoms with Crippen molar-refractivity contribution >= 4 is 23.3 Å². The minimum absolute atomic E-state index is 0.0598. The number of nitrogens with one attached hydrogen (secondary N) is 1. The highest BCUT2D eigenvalue weighted by Crippen LogP contribution is 2.39. The lowest BCUT2D eigenvalue weighted by Crippen LogP contribution is -2.39. The summed E-state index contributed by atoms with van der Waals surface area (Å²) in [6.07, 6.45) is 2.38. The van der Waals surface area contributed by atoms with Gasteiger partial charge in [0.15, 0.2) is 5.78 Å². The number of rotatable bonds is 4. The molecule has 0 saturated carbocycles. The highest BCUT2D eigenvalue weighted by molar-refractivity contribution is 5.98. The molecule has 4 atom stereocenters. The van der Waals surface area contributed by atoms with Gasteiger partial charge in [0, 0.05) is 11.3 Å². The topological polar surface area (TPSA) is 92.7 Å². The molecule has 1 saturated heterocycles. The van der Waals surface area contributed by atoms with Gasteiger partial charge >= 0.3 is 5.97 Å². The third kappa shape index (κ3) is 2.42. The fourth-order valence-corrected chi connectivity index (χ4v) is 2.93. The number of carboxylic acid groups (broad SMARTS) is 1. The predicted octanol–water partition coefficient (Wildman–Crippen LogP) is 1.48. The van der Waals surface area contributed by atoms with E-state index < -0.39 is 30.0 Å². The number of carbonyl (C=O) groups is 3. The van der Waals surface area contributed by atoms with Gasteiger partial charge in [-0.2, -0.15) is 0 Å². The number of amides is 1. The molecule has 114 valence electrons. The second kappa shape index (κ2) is 5.38. The number of hydrogen-bond donors (Lipinski definition) is 2. The van der Waals surface area contributed by atoms with Crippen LogP contribution < -0.4 is 5.32 Å². The number of hydrogen-bond acceptors (Lipinski definition) is 4. The number of ether oxygens (including phenoxy) is 1. The zero-order valence-corrected chi connectivity index (χ0v) is 11.9. The lowest BCUT2D eigenvalue weighted by molar-refractivity contribution is -0.145. The highest BCUT2D eigenvalue weighted by Gasteiger charge is 2.53. The molecule has 1 amide bonds. The average Bonchev–Trinajstić information content (AvgIpc) is 3.08. The highest BCUT2D eigenvalue weighted by atomic mass is 16.5. The van der Waals surface area contributed by atoms with E-state index in [2.05, 4.69) is 5.32 Å². The second-order valence-electron chi connectivity index (χ2n) is 5.46. The van der Waals surface area contributed by atoms with Crippen LogP contribution in [0.25, 0.3) is 0 Å². The van der Waals surface area contributed by atoms with Gasteiger partial charge < -0.3 is 15.2 Å². The third-order valence-corrected chi connectivity index (χ3v) is 4.05. The molecule has 0 aromatic heterocycles. The maximum absolute atomic E-state index is 12.4. The fourth-order valence-electron chi connectivity index (χ4n) is 2.93. The van der Waals surface area contributed by atoms with Crippen LogP contribution in [-0.4, -0.2) is 35.0 Å². The van der Waals surface area contributed by atoms with Crippen molar-refractivity contribution in [2.75, 3.05) is 5.32 Å². The minimum Gasteiger partial charge on any atom is -0.481 e. The Balaban J connectivity index is 1.75. The number of aliphatic carboxylic acids is 1. The van der Waals surface area contributed by atoms with Crippen LogP contribution in [0.4, 0.5) is 5.69 Å². The monoisotopic (exact) mass is 301 g/mol. The first kappa shape index (κ1) is 14.5. The van der Waals surface area contributed by atoms with Crippen LogP contribution in [0.2, 0.25) is 0 Å². The molecule has 1 fully saturated rings. The molecule has 0 aliphatic carbocycles. The molecule has 3 rings (SSSR count). The first-order valence-electron chi connectivity index (χ1n) is 6.96. The van der Waals surface area contributed by atoms with Crippen molar-refractivity contribution in [1.29, 1.82) is 0 Å². The molecule has 6 nitrogen and oxygen atoms in total. The number of anilines is 1. The van der Waals surface area contributed by atoms with Crippen LogP contribution in [0.15, 0.2) is 36.4 Å². The minimum atomic E-state index is -1.04. The standard InChI is InChI=1S/C16H15NO5/c1-8(18)9-2-4-10(5-3-9)17-15(19)13-11-6-7-12(22-11)14(13)16(20)21/h2-7,11-14H,1H3,(H,17,19)(H,20,21)/t11-,12-,13+,14-/m1/s1. The summed E-state index contributed by atoms with van der Waals surface area (Å²) >= 11 is 0. The number of benzene rings is 1. The van der Waals surface area contributed by atoms with Crippen LogP contribution in [0.3, 0.4) is 0 Å². The Bertz CT molecular complexity index is 664.